The van der Waals surface area contributed by atoms with Crippen molar-refractivity contribution in [1.29, 1.82) is 0 Å². The van der Waals surface area contributed by atoms with Crippen molar-refractivity contribution in [1.82, 2.24) is 4.31 Å². The normalized spacial score (nSPS) is 14.9. The maximum Gasteiger partial charge on any atom is 0.295 e. The number of nitrogens with zero attached hydrogens (tertiary/aromatic N) is 3. The van der Waals surface area contributed by atoms with E-state index in [2.05, 4.69) is 10.5 Å². The van der Waals surface area contributed by atoms with Gasteiger partial charge in [0.2, 0.25) is 10.0 Å². The summed E-state index contributed by atoms with van der Waals surface area (Å²) in [4.78, 5) is 10.8. The van der Waals surface area contributed by atoms with Gasteiger partial charge in [0, 0.05) is 19.2 Å². The molecule has 0 amide bonds. The first-order chi connectivity index (χ1) is 15.9. The number of anilines is 1. The van der Waals surface area contributed by atoms with Crippen molar-refractivity contribution in [3.63, 3.8) is 0 Å². The Hall–Kier alpha value is -3.60. The summed E-state index contributed by atoms with van der Waals surface area (Å²) in [6.07, 6.45) is 1.54. The molecule has 1 N–H and O–H groups in total. The zero-order chi connectivity index (χ0) is 23.3. The number of hydrazone groups is 1. The molecule has 0 radical (unpaired) electrons. The number of ether oxygens (including phenoxy) is 1. The summed E-state index contributed by atoms with van der Waals surface area (Å²) in [5.74, 6) is 0. The lowest BCUT2D eigenvalue weighted by molar-refractivity contribution is -0.384. The molecular weight excluding hydrogens is 444 g/mol. The van der Waals surface area contributed by atoms with Crippen molar-refractivity contribution in [3.05, 3.63) is 88.5 Å². The molecule has 10 heteroatoms. The molecule has 4 rings (SSSR count). The van der Waals surface area contributed by atoms with Gasteiger partial charge in [-0.05, 0) is 28.8 Å². The van der Waals surface area contributed by atoms with E-state index in [0.29, 0.717) is 13.2 Å². The fraction of sp³-hybridized carbons (Fsp3) is 0.174. The van der Waals surface area contributed by atoms with Crippen molar-refractivity contribution >= 4 is 27.6 Å². The third-order valence-electron chi connectivity index (χ3n) is 5.19. The highest BCUT2D eigenvalue weighted by molar-refractivity contribution is 7.89. The molecule has 1 saturated heterocycles. The van der Waals surface area contributed by atoms with Gasteiger partial charge in [-0.15, -0.1) is 0 Å². The number of nitro groups is 1. The van der Waals surface area contributed by atoms with Gasteiger partial charge in [0.1, 0.15) is 5.69 Å². The first-order valence-electron chi connectivity index (χ1n) is 10.3. The molecule has 9 nitrogen and oxygen atoms in total. The number of nitro benzene ring substituents is 1. The van der Waals surface area contributed by atoms with E-state index < -0.39 is 14.9 Å². The van der Waals surface area contributed by atoms with E-state index in [1.165, 1.54) is 22.7 Å². The van der Waals surface area contributed by atoms with Gasteiger partial charge in [0.05, 0.1) is 29.2 Å². The minimum Gasteiger partial charge on any atom is -0.379 e. The Morgan fingerprint density at radius 3 is 2.30 bits per heavy atom. The van der Waals surface area contributed by atoms with Crippen LogP contribution in [0.5, 0.6) is 0 Å². The number of rotatable bonds is 7. The number of hydrogen-bond acceptors (Lipinski definition) is 7. The van der Waals surface area contributed by atoms with Crippen LogP contribution in [0.2, 0.25) is 0 Å². The van der Waals surface area contributed by atoms with Gasteiger partial charge in [-0.3, -0.25) is 15.5 Å². The van der Waals surface area contributed by atoms with Crippen LogP contribution >= 0.6 is 0 Å². The Bertz CT molecular complexity index is 1260. The Morgan fingerprint density at radius 1 is 0.970 bits per heavy atom. The summed E-state index contributed by atoms with van der Waals surface area (Å²) < 4.78 is 32.0. The van der Waals surface area contributed by atoms with Crippen molar-refractivity contribution < 1.29 is 18.1 Å². The van der Waals surface area contributed by atoms with Gasteiger partial charge < -0.3 is 4.74 Å². The molecule has 0 aliphatic carbocycles. The smallest absolute Gasteiger partial charge is 0.295 e. The van der Waals surface area contributed by atoms with E-state index in [9.17, 15) is 18.5 Å². The lowest BCUT2D eigenvalue weighted by atomic mass is 10.0. The largest absolute Gasteiger partial charge is 0.379 e. The quantitative estimate of drug-likeness (QED) is 0.322. The van der Waals surface area contributed by atoms with E-state index in [1.807, 2.05) is 54.6 Å². The van der Waals surface area contributed by atoms with E-state index in [-0.39, 0.29) is 29.4 Å². The molecular formula is C23H22N4O5S. The standard InChI is InChI=1S/C23H22N4O5S/c28-27(29)23-16-21(33(30,31)26-12-14-32-15-13-26)10-11-22(23)25-24-17-18-6-8-20(9-7-18)19-4-2-1-3-5-19/h1-11,16-17,25H,12-15H2/b24-17+. The molecule has 1 fully saturated rings. The third-order valence-corrected chi connectivity index (χ3v) is 7.08. The lowest BCUT2D eigenvalue weighted by Crippen LogP contribution is -2.40. The minimum atomic E-state index is -3.84. The van der Waals surface area contributed by atoms with Crippen LogP contribution in [0.15, 0.2) is 82.8 Å². The SMILES string of the molecule is O=[N+]([O-])c1cc(S(=O)(=O)N2CCOCC2)ccc1N/N=C/c1ccc(-c2ccccc2)cc1. The second kappa shape index (κ2) is 9.90. The highest BCUT2D eigenvalue weighted by Crippen LogP contribution is 2.29. The summed E-state index contributed by atoms with van der Waals surface area (Å²) in [6.45, 7) is 1.01. The van der Waals surface area contributed by atoms with E-state index in [0.717, 1.165) is 22.8 Å². The van der Waals surface area contributed by atoms with Gasteiger partial charge in [-0.2, -0.15) is 9.41 Å². The second-order valence-electron chi connectivity index (χ2n) is 7.31. The third kappa shape index (κ3) is 5.25. The van der Waals surface area contributed by atoms with Crippen LogP contribution < -0.4 is 5.43 Å². The van der Waals surface area contributed by atoms with Crippen LogP contribution in [0.25, 0.3) is 11.1 Å². The monoisotopic (exact) mass is 466 g/mol. The van der Waals surface area contributed by atoms with Gasteiger partial charge in [-0.1, -0.05) is 54.6 Å². The summed E-state index contributed by atoms with van der Waals surface area (Å²) in [5, 5.41) is 15.7. The van der Waals surface area contributed by atoms with Crippen molar-refractivity contribution in [3.8, 4) is 11.1 Å². The Kier molecular flexibility index (Phi) is 6.78. The lowest BCUT2D eigenvalue weighted by Gasteiger charge is -2.26. The van der Waals surface area contributed by atoms with Gasteiger partial charge in [0.25, 0.3) is 5.69 Å². The predicted molar refractivity (Wildman–Crippen MR) is 126 cm³/mol. The van der Waals surface area contributed by atoms with Crippen molar-refractivity contribution in [2.45, 2.75) is 4.90 Å². The summed E-state index contributed by atoms with van der Waals surface area (Å²) in [7, 11) is -3.84. The average Bonchev–Trinajstić information content (AvgIpc) is 2.85. The first kappa shape index (κ1) is 22.6. The van der Waals surface area contributed by atoms with Gasteiger partial charge >= 0.3 is 0 Å². The maximum absolute atomic E-state index is 12.8. The Balaban J connectivity index is 1.50. The van der Waals surface area contributed by atoms with E-state index in [4.69, 9.17) is 4.74 Å². The average molecular weight is 467 g/mol. The second-order valence-corrected chi connectivity index (χ2v) is 9.25. The molecule has 0 atom stereocenters. The molecule has 33 heavy (non-hydrogen) atoms. The van der Waals surface area contributed by atoms with Crippen LogP contribution in [0.3, 0.4) is 0 Å². The van der Waals surface area contributed by atoms with Crippen molar-refractivity contribution in [2.24, 2.45) is 5.10 Å². The number of nitrogens with one attached hydrogen (secondary N) is 1. The number of sulfonamides is 1. The number of hydrogen-bond donors (Lipinski definition) is 1. The molecule has 1 aliphatic heterocycles. The van der Waals surface area contributed by atoms with Crippen LogP contribution in [0, 0.1) is 10.1 Å². The molecule has 0 unspecified atom stereocenters. The zero-order valence-corrected chi connectivity index (χ0v) is 18.4. The van der Waals surface area contributed by atoms with Crippen LogP contribution in [-0.4, -0.2) is 50.2 Å². The minimum absolute atomic E-state index is 0.0954. The molecule has 0 bridgehead atoms. The van der Waals surface area contributed by atoms with E-state index >= 15 is 0 Å². The molecule has 0 aromatic heterocycles. The van der Waals surface area contributed by atoms with Crippen molar-refractivity contribution in [2.75, 3.05) is 31.7 Å². The van der Waals surface area contributed by atoms with Crippen LogP contribution in [-0.2, 0) is 14.8 Å². The summed E-state index contributed by atoms with van der Waals surface area (Å²) in [6, 6.07) is 21.4. The molecule has 3 aromatic rings. The summed E-state index contributed by atoms with van der Waals surface area (Å²) in [5.41, 5.74) is 5.33. The van der Waals surface area contributed by atoms with Crippen LogP contribution in [0.4, 0.5) is 11.4 Å². The zero-order valence-electron chi connectivity index (χ0n) is 17.6. The predicted octanol–water partition coefficient (Wildman–Crippen LogP) is 3.73. The number of morpholine rings is 1. The molecule has 0 spiro atoms. The maximum atomic E-state index is 12.8. The fourth-order valence-electron chi connectivity index (χ4n) is 3.42. The molecule has 170 valence electrons. The number of benzene rings is 3. The van der Waals surface area contributed by atoms with E-state index in [1.54, 1.807) is 0 Å². The fourth-order valence-corrected chi connectivity index (χ4v) is 4.85. The molecule has 3 aromatic carbocycles. The first-order valence-corrected chi connectivity index (χ1v) is 11.7. The molecule has 0 saturated carbocycles. The Labute approximate surface area is 191 Å². The molecule has 1 aliphatic rings. The highest BCUT2D eigenvalue weighted by Gasteiger charge is 2.28. The molecule has 1 heterocycles. The van der Waals surface area contributed by atoms with Gasteiger partial charge in [-0.25, -0.2) is 8.42 Å². The topological polar surface area (TPSA) is 114 Å². The summed E-state index contributed by atoms with van der Waals surface area (Å²) >= 11 is 0. The highest BCUT2D eigenvalue weighted by atomic mass is 32.2. The van der Waals surface area contributed by atoms with Gasteiger partial charge in [0.15, 0.2) is 0 Å². The van der Waals surface area contributed by atoms with Crippen LogP contribution in [0.1, 0.15) is 5.56 Å². The Morgan fingerprint density at radius 2 is 1.64 bits per heavy atom.